The largest absolute Gasteiger partial charge is 0.344 e. The molecule has 0 spiro atoms. The first-order valence-corrected chi connectivity index (χ1v) is 7.19. The molecule has 2 atom stereocenters. The average molecular weight is 260 g/mol. The van der Waals surface area contributed by atoms with Gasteiger partial charge in [0, 0.05) is 13.6 Å². The van der Waals surface area contributed by atoms with Crippen molar-refractivity contribution in [1.82, 2.24) is 10.2 Å². The Balaban J connectivity index is 1.82. The first kappa shape index (κ1) is 14.1. The number of benzene rings is 1. The summed E-state index contributed by atoms with van der Waals surface area (Å²) in [5.41, 5.74) is 1.28. The number of hydrogen-bond acceptors (Lipinski definition) is 2. The Bertz CT molecular complexity index is 404. The third kappa shape index (κ3) is 4.06. The Morgan fingerprint density at radius 3 is 2.79 bits per heavy atom. The van der Waals surface area contributed by atoms with Crippen molar-refractivity contribution in [2.45, 2.75) is 32.2 Å². The summed E-state index contributed by atoms with van der Waals surface area (Å²) in [6.07, 6.45) is 3.07. The number of rotatable bonds is 4. The zero-order valence-electron chi connectivity index (χ0n) is 11.9. The van der Waals surface area contributed by atoms with Crippen LogP contribution < -0.4 is 5.32 Å². The van der Waals surface area contributed by atoms with Crippen LogP contribution in [0.15, 0.2) is 30.3 Å². The van der Waals surface area contributed by atoms with Gasteiger partial charge in [0.2, 0.25) is 5.91 Å². The second kappa shape index (κ2) is 6.71. The van der Waals surface area contributed by atoms with Gasteiger partial charge in [-0.25, -0.2) is 0 Å². The fourth-order valence-electron chi connectivity index (χ4n) is 2.61. The highest BCUT2D eigenvalue weighted by Gasteiger charge is 2.26. The van der Waals surface area contributed by atoms with Crippen LogP contribution in [0.1, 0.15) is 25.3 Å². The number of likely N-dealkylation sites (N-methyl/N-ethyl adjacent to an activating group) is 1. The molecule has 0 aliphatic carbocycles. The first-order valence-electron chi connectivity index (χ1n) is 7.19. The lowest BCUT2D eigenvalue weighted by molar-refractivity contribution is -0.133. The van der Waals surface area contributed by atoms with E-state index in [4.69, 9.17) is 0 Å². The highest BCUT2D eigenvalue weighted by molar-refractivity contribution is 5.81. The maximum atomic E-state index is 12.3. The molecule has 3 nitrogen and oxygen atoms in total. The SMILES string of the molecule is CC1CCNC(C(=O)N(C)CCc2ccccc2)C1. The molecule has 1 aliphatic rings. The summed E-state index contributed by atoms with van der Waals surface area (Å²) in [6.45, 7) is 3.98. The number of piperidine rings is 1. The summed E-state index contributed by atoms with van der Waals surface area (Å²) >= 11 is 0. The topological polar surface area (TPSA) is 32.3 Å². The predicted molar refractivity (Wildman–Crippen MR) is 78.0 cm³/mol. The van der Waals surface area contributed by atoms with Crippen molar-refractivity contribution >= 4 is 5.91 Å². The molecule has 0 aromatic heterocycles. The van der Waals surface area contributed by atoms with E-state index in [-0.39, 0.29) is 11.9 Å². The molecule has 19 heavy (non-hydrogen) atoms. The molecule has 1 N–H and O–H groups in total. The zero-order valence-corrected chi connectivity index (χ0v) is 11.9. The minimum absolute atomic E-state index is 0.0181. The van der Waals surface area contributed by atoms with Crippen LogP contribution in [0.25, 0.3) is 0 Å². The number of nitrogens with zero attached hydrogens (tertiary/aromatic N) is 1. The molecule has 0 radical (unpaired) electrons. The Labute approximate surface area is 116 Å². The maximum absolute atomic E-state index is 12.3. The summed E-state index contributed by atoms with van der Waals surface area (Å²) in [5.74, 6) is 0.889. The molecule has 2 rings (SSSR count). The molecule has 1 heterocycles. The molecule has 1 amide bonds. The van der Waals surface area contributed by atoms with E-state index in [2.05, 4.69) is 24.4 Å². The molecule has 3 heteroatoms. The summed E-state index contributed by atoms with van der Waals surface area (Å²) in [6, 6.07) is 10.3. The van der Waals surface area contributed by atoms with E-state index in [1.807, 2.05) is 30.1 Å². The van der Waals surface area contributed by atoms with Crippen LogP contribution in [0.3, 0.4) is 0 Å². The average Bonchev–Trinajstić information content (AvgIpc) is 2.45. The minimum atomic E-state index is 0.0181. The van der Waals surface area contributed by atoms with Crippen molar-refractivity contribution in [2.24, 2.45) is 5.92 Å². The number of hydrogen-bond donors (Lipinski definition) is 1. The Morgan fingerprint density at radius 1 is 1.37 bits per heavy atom. The van der Waals surface area contributed by atoms with Gasteiger partial charge in [-0.05, 0) is 37.3 Å². The molecule has 0 saturated carbocycles. The van der Waals surface area contributed by atoms with E-state index in [1.165, 1.54) is 12.0 Å². The first-order chi connectivity index (χ1) is 9.16. The number of carbonyl (C=O) groups is 1. The van der Waals surface area contributed by atoms with Crippen LogP contribution in [-0.4, -0.2) is 37.0 Å². The van der Waals surface area contributed by atoms with Crippen LogP contribution in [-0.2, 0) is 11.2 Å². The van der Waals surface area contributed by atoms with E-state index in [9.17, 15) is 4.79 Å². The lowest BCUT2D eigenvalue weighted by Gasteiger charge is -2.30. The van der Waals surface area contributed by atoms with Gasteiger partial charge in [-0.2, -0.15) is 0 Å². The third-order valence-corrected chi connectivity index (χ3v) is 3.92. The molecular weight excluding hydrogens is 236 g/mol. The quantitative estimate of drug-likeness (QED) is 0.899. The van der Waals surface area contributed by atoms with Gasteiger partial charge < -0.3 is 10.2 Å². The monoisotopic (exact) mass is 260 g/mol. The third-order valence-electron chi connectivity index (χ3n) is 3.92. The van der Waals surface area contributed by atoms with Gasteiger partial charge in [0.1, 0.15) is 0 Å². The highest BCUT2D eigenvalue weighted by atomic mass is 16.2. The predicted octanol–water partition coefficient (Wildman–Crippen LogP) is 2.08. The summed E-state index contributed by atoms with van der Waals surface area (Å²) in [4.78, 5) is 14.2. The second-order valence-electron chi connectivity index (χ2n) is 5.63. The summed E-state index contributed by atoms with van der Waals surface area (Å²) in [5, 5.41) is 3.34. The van der Waals surface area contributed by atoms with E-state index < -0.39 is 0 Å². The van der Waals surface area contributed by atoms with Gasteiger partial charge >= 0.3 is 0 Å². The number of carbonyl (C=O) groups excluding carboxylic acids is 1. The summed E-state index contributed by atoms with van der Waals surface area (Å²) in [7, 11) is 1.91. The fraction of sp³-hybridized carbons (Fsp3) is 0.562. The van der Waals surface area contributed by atoms with Crippen LogP contribution in [0, 0.1) is 5.92 Å². The van der Waals surface area contributed by atoms with Crippen molar-refractivity contribution in [3.63, 3.8) is 0 Å². The smallest absolute Gasteiger partial charge is 0.239 e. The van der Waals surface area contributed by atoms with Gasteiger partial charge in [0.15, 0.2) is 0 Å². The Morgan fingerprint density at radius 2 is 2.11 bits per heavy atom. The molecule has 1 fully saturated rings. The molecule has 1 aromatic carbocycles. The van der Waals surface area contributed by atoms with Gasteiger partial charge in [-0.3, -0.25) is 4.79 Å². The van der Waals surface area contributed by atoms with Crippen LogP contribution in [0.4, 0.5) is 0 Å². The van der Waals surface area contributed by atoms with Gasteiger partial charge in [0.25, 0.3) is 0 Å². The zero-order chi connectivity index (χ0) is 13.7. The van der Waals surface area contributed by atoms with E-state index in [0.29, 0.717) is 5.92 Å². The Kier molecular flexibility index (Phi) is 4.97. The van der Waals surface area contributed by atoms with Crippen molar-refractivity contribution in [2.75, 3.05) is 20.1 Å². The second-order valence-corrected chi connectivity index (χ2v) is 5.63. The lowest BCUT2D eigenvalue weighted by atomic mass is 9.93. The van der Waals surface area contributed by atoms with Crippen LogP contribution >= 0.6 is 0 Å². The van der Waals surface area contributed by atoms with Crippen molar-refractivity contribution in [1.29, 1.82) is 0 Å². The normalized spacial score (nSPS) is 23.1. The van der Waals surface area contributed by atoms with E-state index >= 15 is 0 Å². The van der Waals surface area contributed by atoms with Crippen molar-refractivity contribution in [3.05, 3.63) is 35.9 Å². The maximum Gasteiger partial charge on any atom is 0.239 e. The van der Waals surface area contributed by atoms with Crippen LogP contribution in [0.2, 0.25) is 0 Å². The number of nitrogens with one attached hydrogen (secondary N) is 1. The molecular formula is C16H24N2O. The van der Waals surface area contributed by atoms with Crippen LogP contribution in [0.5, 0.6) is 0 Å². The van der Waals surface area contributed by atoms with Gasteiger partial charge in [0.05, 0.1) is 6.04 Å². The Hall–Kier alpha value is -1.35. The highest BCUT2D eigenvalue weighted by Crippen LogP contribution is 2.16. The van der Waals surface area contributed by atoms with Crippen molar-refractivity contribution in [3.8, 4) is 0 Å². The van der Waals surface area contributed by atoms with Gasteiger partial charge in [-0.1, -0.05) is 37.3 Å². The summed E-state index contributed by atoms with van der Waals surface area (Å²) < 4.78 is 0. The molecule has 0 bridgehead atoms. The standard InChI is InChI=1S/C16H24N2O/c1-13-8-10-17-15(12-13)16(19)18(2)11-9-14-6-4-3-5-7-14/h3-7,13,15,17H,8-12H2,1-2H3. The molecule has 104 valence electrons. The molecule has 1 aromatic rings. The lowest BCUT2D eigenvalue weighted by Crippen LogP contribution is -2.49. The fourth-order valence-corrected chi connectivity index (χ4v) is 2.61. The van der Waals surface area contributed by atoms with Crippen molar-refractivity contribution < 1.29 is 4.79 Å². The van der Waals surface area contributed by atoms with E-state index in [0.717, 1.165) is 25.9 Å². The van der Waals surface area contributed by atoms with Gasteiger partial charge in [-0.15, -0.1) is 0 Å². The van der Waals surface area contributed by atoms with E-state index in [1.54, 1.807) is 0 Å². The molecule has 2 unspecified atom stereocenters. The molecule has 1 aliphatic heterocycles. The molecule has 1 saturated heterocycles. The number of amides is 1. The minimum Gasteiger partial charge on any atom is -0.344 e.